The lowest BCUT2D eigenvalue weighted by atomic mass is 10.0. The monoisotopic (exact) mass is 406 g/mol. The average Bonchev–Trinajstić information content (AvgIpc) is 2.55. The number of hydrogen-bond acceptors (Lipinski definition) is 7. The van der Waals surface area contributed by atoms with Gasteiger partial charge >= 0.3 is 5.97 Å². The maximum absolute atomic E-state index is 12.3. The summed E-state index contributed by atoms with van der Waals surface area (Å²) in [7, 11) is 0. The average molecular weight is 407 g/mol. The van der Waals surface area contributed by atoms with Gasteiger partial charge in [0.1, 0.15) is 18.1 Å². The third-order valence-corrected chi connectivity index (χ3v) is 4.04. The second-order valence-electron chi connectivity index (χ2n) is 6.78. The van der Waals surface area contributed by atoms with Gasteiger partial charge in [0.05, 0.1) is 12.1 Å². The number of carbonyl (C=O) groups excluding carboxylic acids is 3. The van der Waals surface area contributed by atoms with Crippen molar-refractivity contribution in [2.24, 2.45) is 11.7 Å². The SMILES string of the molecule is CC(C)CC(N)C(=O)NC(C(=O)NC(C)C(=O)NC(CS)C(=O)O)C(C)O. The number of aliphatic hydroxyl groups is 1. The van der Waals surface area contributed by atoms with Crippen molar-refractivity contribution < 1.29 is 29.4 Å². The van der Waals surface area contributed by atoms with Crippen LogP contribution in [-0.4, -0.2) is 69.9 Å². The highest BCUT2D eigenvalue weighted by Crippen LogP contribution is 2.04. The van der Waals surface area contributed by atoms with Crippen molar-refractivity contribution in [1.29, 1.82) is 0 Å². The van der Waals surface area contributed by atoms with Crippen molar-refractivity contribution in [2.45, 2.75) is 64.4 Å². The predicted molar refractivity (Wildman–Crippen MR) is 102 cm³/mol. The van der Waals surface area contributed by atoms with Gasteiger partial charge in [-0.05, 0) is 26.2 Å². The van der Waals surface area contributed by atoms with Crippen LogP contribution >= 0.6 is 12.6 Å². The largest absolute Gasteiger partial charge is 0.480 e. The third kappa shape index (κ3) is 9.07. The molecule has 0 fully saturated rings. The lowest BCUT2D eigenvalue weighted by molar-refractivity contribution is -0.141. The summed E-state index contributed by atoms with van der Waals surface area (Å²) in [4.78, 5) is 47.4. The van der Waals surface area contributed by atoms with Gasteiger partial charge in [0, 0.05) is 5.75 Å². The summed E-state index contributed by atoms with van der Waals surface area (Å²) >= 11 is 3.83. The van der Waals surface area contributed by atoms with Crippen LogP contribution in [0.1, 0.15) is 34.1 Å². The Morgan fingerprint density at radius 2 is 1.52 bits per heavy atom. The molecule has 27 heavy (non-hydrogen) atoms. The number of aliphatic carboxylic acids is 1. The van der Waals surface area contributed by atoms with E-state index in [4.69, 9.17) is 10.8 Å². The number of carbonyl (C=O) groups is 4. The van der Waals surface area contributed by atoms with E-state index in [1.54, 1.807) is 0 Å². The van der Waals surface area contributed by atoms with Crippen molar-refractivity contribution in [3.8, 4) is 0 Å². The van der Waals surface area contributed by atoms with Crippen LogP contribution in [0.4, 0.5) is 0 Å². The van der Waals surface area contributed by atoms with Gasteiger partial charge in [0.25, 0.3) is 0 Å². The maximum atomic E-state index is 12.3. The molecule has 0 aliphatic rings. The van der Waals surface area contributed by atoms with Crippen molar-refractivity contribution in [3.63, 3.8) is 0 Å². The van der Waals surface area contributed by atoms with Gasteiger partial charge in [0.2, 0.25) is 17.7 Å². The molecule has 0 aromatic rings. The molecule has 0 rings (SSSR count). The number of carboxylic acid groups (broad SMARTS) is 1. The molecule has 0 aromatic carbocycles. The van der Waals surface area contributed by atoms with Gasteiger partial charge < -0.3 is 31.9 Å². The molecule has 0 saturated heterocycles. The zero-order valence-electron chi connectivity index (χ0n) is 15.9. The highest BCUT2D eigenvalue weighted by Gasteiger charge is 2.30. The summed E-state index contributed by atoms with van der Waals surface area (Å²) in [6, 6.07) is -4.46. The lowest BCUT2D eigenvalue weighted by Gasteiger charge is -2.25. The zero-order chi connectivity index (χ0) is 21.3. The van der Waals surface area contributed by atoms with Crippen LogP contribution in [-0.2, 0) is 19.2 Å². The Hall–Kier alpha value is -1.85. The summed E-state index contributed by atoms with van der Waals surface area (Å²) in [5.74, 6) is -3.34. The predicted octanol–water partition coefficient (Wildman–Crippen LogP) is -1.77. The van der Waals surface area contributed by atoms with Gasteiger partial charge in [-0.25, -0.2) is 4.79 Å². The van der Waals surface area contributed by atoms with Gasteiger partial charge in [-0.15, -0.1) is 0 Å². The first-order chi connectivity index (χ1) is 12.4. The molecule has 5 unspecified atom stereocenters. The summed E-state index contributed by atoms with van der Waals surface area (Å²) in [6.07, 6.45) is -0.835. The Balaban J connectivity index is 4.90. The van der Waals surface area contributed by atoms with E-state index in [0.717, 1.165) is 0 Å². The quantitative estimate of drug-likeness (QED) is 0.199. The molecule has 0 spiro atoms. The van der Waals surface area contributed by atoms with Crippen LogP contribution in [0.5, 0.6) is 0 Å². The molecule has 0 aromatic heterocycles. The molecule has 0 aliphatic carbocycles. The molecule has 0 aliphatic heterocycles. The molecule has 0 bridgehead atoms. The fourth-order valence-electron chi connectivity index (χ4n) is 2.13. The first kappa shape index (κ1) is 25.1. The van der Waals surface area contributed by atoms with Crippen molar-refractivity contribution in [1.82, 2.24) is 16.0 Å². The molecule has 7 N–H and O–H groups in total. The minimum Gasteiger partial charge on any atom is -0.480 e. The van der Waals surface area contributed by atoms with E-state index < -0.39 is 54.0 Å². The molecule has 0 radical (unpaired) electrons. The number of thiol groups is 1. The normalized spacial score (nSPS) is 16.6. The van der Waals surface area contributed by atoms with E-state index in [9.17, 15) is 24.3 Å². The fourth-order valence-corrected chi connectivity index (χ4v) is 2.38. The van der Waals surface area contributed by atoms with Crippen LogP contribution < -0.4 is 21.7 Å². The molecule has 3 amide bonds. The molecule has 10 nitrogen and oxygen atoms in total. The zero-order valence-corrected chi connectivity index (χ0v) is 16.8. The highest BCUT2D eigenvalue weighted by atomic mass is 32.1. The van der Waals surface area contributed by atoms with E-state index in [1.165, 1.54) is 13.8 Å². The van der Waals surface area contributed by atoms with Gasteiger partial charge in [0.15, 0.2) is 0 Å². The number of nitrogens with one attached hydrogen (secondary N) is 3. The molecular weight excluding hydrogens is 376 g/mol. The number of carboxylic acids is 1. The minimum atomic E-state index is -1.31. The first-order valence-corrected chi connectivity index (χ1v) is 9.22. The van der Waals surface area contributed by atoms with Crippen LogP contribution in [0.25, 0.3) is 0 Å². The number of amides is 3. The van der Waals surface area contributed by atoms with Crippen molar-refractivity contribution in [3.05, 3.63) is 0 Å². The van der Waals surface area contributed by atoms with Crippen LogP contribution in [0.15, 0.2) is 0 Å². The lowest BCUT2D eigenvalue weighted by Crippen LogP contribution is -2.59. The van der Waals surface area contributed by atoms with E-state index in [-0.39, 0.29) is 11.7 Å². The molecule has 0 heterocycles. The van der Waals surface area contributed by atoms with Gasteiger partial charge in [-0.3, -0.25) is 14.4 Å². The smallest absolute Gasteiger partial charge is 0.327 e. The summed E-state index contributed by atoms with van der Waals surface area (Å²) in [5.41, 5.74) is 5.76. The standard InChI is InChI=1S/C16H30N4O6S/c1-7(2)5-10(17)14(23)20-12(9(4)21)15(24)18-8(3)13(22)19-11(6-27)16(25)26/h7-12,21,27H,5-6,17H2,1-4H3,(H,18,24)(H,19,22)(H,20,23)(H,25,26). The second kappa shape index (κ2) is 11.8. The van der Waals surface area contributed by atoms with Crippen LogP contribution in [0.2, 0.25) is 0 Å². The minimum absolute atomic E-state index is 0.123. The Labute approximate surface area is 164 Å². The number of aliphatic hydroxyl groups excluding tert-OH is 1. The fraction of sp³-hybridized carbons (Fsp3) is 0.750. The number of hydrogen-bond donors (Lipinski definition) is 7. The molecule has 156 valence electrons. The van der Waals surface area contributed by atoms with Crippen LogP contribution in [0, 0.1) is 5.92 Å². The molecule has 0 saturated carbocycles. The first-order valence-electron chi connectivity index (χ1n) is 8.59. The summed E-state index contributed by atoms with van der Waals surface area (Å²) < 4.78 is 0. The second-order valence-corrected chi connectivity index (χ2v) is 7.14. The Bertz CT molecular complexity index is 543. The van der Waals surface area contributed by atoms with Crippen LogP contribution in [0.3, 0.4) is 0 Å². The van der Waals surface area contributed by atoms with E-state index in [2.05, 4.69) is 28.6 Å². The topological polar surface area (TPSA) is 171 Å². The van der Waals surface area contributed by atoms with E-state index >= 15 is 0 Å². The Kier molecular flexibility index (Phi) is 11.0. The van der Waals surface area contributed by atoms with Crippen molar-refractivity contribution >= 4 is 36.3 Å². The molecule has 5 atom stereocenters. The molecular formula is C16H30N4O6S. The summed E-state index contributed by atoms with van der Waals surface area (Å²) in [6.45, 7) is 6.43. The Morgan fingerprint density at radius 1 is 0.963 bits per heavy atom. The van der Waals surface area contributed by atoms with E-state index in [0.29, 0.717) is 6.42 Å². The van der Waals surface area contributed by atoms with Crippen molar-refractivity contribution in [2.75, 3.05) is 5.75 Å². The summed E-state index contributed by atoms with van der Waals surface area (Å²) in [5, 5.41) is 25.6. The number of rotatable bonds is 11. The molecule has 11 heteroatoms. The van der Waals surface area contributed by atoms with Gasteiger partial charge in [-0.2, -0.15) is 12.6 Å². The van der Waals surface area contributed by atoms with E-state index in [1.807, 2.05) is 13.8 Å². The van der Waals surface area contributed by atoms with Gasteiger partial charge in [-0.1, -0.05) is 13.8 Å². The Morgan fingerprint density at radius 3 is 1.93 bits per heavy atom. The third-order valence-electron chi connectivity index (χ3n) is 3.67. The maximum Gasteiger partial charge on any atom is 0.327 e. The number of nitrogens with two attached hydrogens (primary N) is 1. The highest BCUT2D eigenvalue weighted by molar-refractivity contribution is 7.80.